The van der Waals surface area contributed by atoms with Gasteiger partial charge < -0.3 is 10.6 Å². The highest BCUT2D eigenvalue weighted by Gasteiger charge is 2.22. The molecule has 1 heterocycles. The van der Waals surface area contributed by atoms with E-state index in [0.29, 0.717) is 29.9 Å². The SMILES string of the molecule is CCCN1CCN(C(=O)c2cc(N)c(C)c(F)c2)CC1. The van der Waals surface area contributed by atoms with Crippen molar-refractivity contribution < 1.29 is 9.18 Å². The Kier molecular flexibility index (Phi) is 4.60. The number of nitrogen functional groups attached to an aromatic ring is 1. The van der Waals surface area contributed by atoms with Gasteiger partial charge in [0.1, 0.15) is 5.82 Å². The van der Waals surface area contributed by atoms with Crippen LogP contribution in [0.1, 0.15) is 29.3 Å². The summed E-state index contributed by atoms with van der Waals surface area (Å²) in [6.45, 7) is 7.96. The molecule has 4 nitrogen and oxygen atoms in total. The first-order valence-electron chi connectivity index (χ1n) is 7.10. The second-order valence-electron chi connectivity index (χ2n) is 5.31. The highest BCUT2D eigenvalue weighted by atomic mass is 19.1. The van der Waals surface area contributed by atoms with Crippen molar-refractivity contribution in [1.29, 1.82) is 0 Å². The number of piperazine rings is 1. The maximum Gasteiger partial charge on any atom is 0.254 e. The fourth-order valence-corrected chi connectivity index (χ4v) is 2.50. The predicted molar refractivity (Wildman–Crippen MR) is 78.2 cm³/mol. The average Bonchev–Trinajstić information content (AvgIpc) is 2.44. The molecule has 0 saturated carbocycles. The zero-order chi connectivity index (χ0) is 14.7. The lowest BCUT2D eigenvalue weighted by molar-refractivity contribution is 0.0637. The maximum atomic E-state index is 13.7. The van der Waals surface area contributed by atoms with Gasteiger partial charge in [0.05, 0.1) is 0 Å². The van der Waals surface area contributed by atoms with E-state index in [1.54, 1.807) is 17.9 Å². The van der Waals surface area contributed by atoms with Gasteiger partial charge in [0.2, 0.25) is 0 Å². The summed E-state index contributed by atoms with van der Waals surface area (Å²) in [5.41, 5.74) is 6.80. The first-order valence-corrected chi connectivity index (χ1v) is 7.10. The highest BCUT2D eigenvalue weighted by molar-refractivity contribution is 5.95. The summed E-state index contributed by atoms with van der Waals surface area (Å²) < 4.78 is 13.7. The number of hydrogen-bond acceptors (Lipinski definition) is 3. The van der Waals surface area contributed by atoms with Crippen molar-refractivity contribution in [3.63, 3.8) is 0 Å². The minimum Gasteiger partial charge on any atom is -0.398 e. The van der Waals surface area contributed by atoms with Crippen LogP contribution in [0.4, 0.5) is 10.1 Å². The molecule has 0 bridgehead atoms. The monoisotopic (exact) mass is 279 g/mol. The van der Waals surface area contributed by atoms with E-state index in [1.165, 1.54) is 6.07 Å². The summed E-state index contributed by atoms with van der Waals surface area (Å²) in [6.07, 6.45) is 1.12. The molecule has 0 spiro atoms. The number of amides is 1. The Labute approximate surface area is 119 Å². The van der Waals surface area contributed by atoms with E-state index >= 15 is 0 Å². The van der Waals surface area contributed by atoms with Crippen LogP contribution >= 0.6 is 0 Å². The third-order valence-electron chi connectivity index (χ3n) is 3.83. The van der Waals surface area contributed by atoms with Crippen molar-refractivity contribution in [2.24, 2.45) is 0 Å². The summed E-state index contributed by atoms with van der Waals surface area (Å²) in [5.74, 6) is -0.551. The largest absolute Gasteiger partial charge is 0.398 e. The lowest BCUT2D eigenvalue weighted by atomic mass is 10.1. The number of carbonyl (C=O) groups excluding carboxylic acids is 1. The Hall–Kier alpha value is -1.62. The van der Waals surface area contributed by atoms with Gasteiger partial charge in [0, 0.05) is 43.0 Å². The zero-order valence-corrected chi connectivity index (χ0v) is 12.2. The number of carbonyl (C=O) groups is 1. The lowest BCUT2D eigenvalue weighted by Gasteiger charge is -2.34. The number of rotatable bonds is 3. The van der Waals surface area contributed by atoms with Gasteiger partial charge in [-0.05, 0) is 32.0 Å². The third-order valence-corrected chi connectivity index (χ3v) is 3.83. The van der Waals surface area contributed by atoms with E-state index in [9.17, 15) is 9.18 Å². The normalized spacial score (nSPS) is 16.4. The minimum atomic E-state index is -0.419. The van der Waals surface area contributed by atoms with Gasteiger partial charge in [-0.25, -0.2) is 4.39 Å². The summed E-state index contributed by atoms with van der Waals surface area (Å²) in [5, 5.41) is 0. The fourth-order valence-electron chi connectivity index (χ4n) is 2.50. The molecule has 2 N–H and O–H groups in total. The van der Waals surface area contributed by atoms with Crippen LogP contribution in [0.15, 0.2) is 12.1 Å². The van der Waals surface area contributed by atoms with E-state index in [0.717, 1.165) is 26.1 Å². The van der Waals surface area contributed by atoms with Crippen molar-refractivity contribution in [1.82, 2.24) is 9.80 Å². The molecule has 1 fully saturated rings. The molecule has 0 atom stereocenters. The van der Waals surface area contributed by atoms with E-state index in [4.69, 9.17) is 5.73 Å². The number of hydrogen-bond donors (Lipinski definition) is 1. The van der Waals surface area contributed by atoms with Gasteiger partial charge in [-0.1, -0.05) is 6.92 Å². The first-order chi connectivity index (χ1) is 9.52. The van der Waals surface area contributed by atoms with Crippen molar-refractivity contribution in [3.05, 3.63) is 29.1 Å². The minimum absolute atomic E-state index is 0.133. The number of anilines is 1. The molecule has 2 rings (SSSR count). The zero-order valence-electron chi connectivity index (χ0n) is 12.2. The summed E-state index contributed by atoms with van der Waals surface area (Å²) in [6, 6.07) is 2.85. The molecule has 110 valence electrons. The Bertz CT molecular complexity index is 473. The Morgan fingerprint density at radius 2 is 1.95 bits per heavy atom. The van der Waals surface area contributed by atoms with Gasteiger partial charge in [-0.3, -0.25) is 9.69 Å². The number of halogens is 1. The molecule has 20 heavy (non-hydrogen) atoms. The van der Waals surface area contributed by atoms with Gasteiger partial charge in [0.15, 0.2) is 0 Å². The third kappa shape index (κ3) is 3.10. The topological polar surface area (TPSA) is 49.6 Å². The van der Waals surface area contributed by atoms with Gasteiger partial charge >= 0.3 is 0 Å². The quantitative estimate of drug-likeness (QED) is 0.860. The summed E-state index contributed by atoms with van der Waals surface area (Å²) in [7, 11) is 0. The van der Waals surface area contributed by atoms with E-state index in [1.807, 2.05) is 0 Å². The molecule has 0 aliphatic carbocycles. The van der Waals surface area contributed by atoms with Gasteiger partial charge in [0.25, 0.3) is 5.91 Å². The molecule has 0 unspecified atom stereocenters. The summed E-state index contributed by atoms with van der Waals surface area (Å²) >= 11 is 0. The van der Waals surface area contributed by atoms with Crippen LogP contribution in [-0.2, 0) is 0 Å². The second-order valence-corrected chi connectivity index (χ2v) is 5.31. The lowest BCUT2D eigenvalue weighted by Crippen LogP contribution is -2.48. The molecule has 1 aliphatic rings. The van der Waals surface area contributed by atoms with Crippen LogP contribution in [0.2, 0.25) is 0 Å². The van der Waals surface area contributed by atoms with Crippen molar-refractivity contribution >= 4 is 11.6 Å². The number of nitrogens with zero attached hydrogens (tertiary/aromatic N) is 2. The van der Waals surface area contributed by atoms with Crippen LogP contribution in [0.5, 0.6) is 0 Å². The highest BCUT2D eigenvalue weighted by Crippen LogP contribution is 2.19. The molecular formula is C15H22FN3O. The summed E-state index contributed by atoms with van der Waals surface area (Å²) in [4.78, 5) is 16.5. The fraction of sp³-hybridized carbons (Fsp3) is 0.533. The van der Waals surface area contributed by atoms with Crippen LogP contribution in [0, 0.1) is 12.7 Å². The molecule has 1 amide bonds. The molecular weight excluding hydrogens is 257 g/mol. The van der Waals surface area contributed by atoms with Crippen molar-refractivity contribution in [2.75, 3.05) is 38.5 Å². The van der Waals surface area contributed by atoms with E-state index < -0.39 is 5.82 Å². The molecule has 1 aromatic rings. The Morgan fingerprint density at radius 1 is 1.30 bits per heavy atom. The molecule has 5 heteroatoms. The molecule has 1 aromatic carbocycles. The molecule has 0 aromatic heterocycles. The average molecular weight is 279 g/mol. The van der Waals surface area contributed by atoms with Crippen molar-refractivity contribution in [3.8, 4) is 0 Å². The van der Waals surface area contributed by atoms with Gasteiger partial charge in [-0.2, -0.15) is 0 Å². The van der Waals surface area contributed by atoms with Crippen LogP contribution in [0.25, 0.3) is 0 Å². The maximum absolute atomic E-state index is 13.7. The molecule has 1 aliphatic heterocycles. The second kappa shape index (κ2) is 6.22. The van der Waals surface area contributed by atoms with Crippen molar-refractivity contribution in [2.45, 2.75) is 20.3 Å². The van der Waals surface area contributed by atoms with Gasteiger partial charge in [-0.15, -0.1) is 0 Å². The van der Waals surface area contributed by atoms with Crippen LogP contribution in [-0.4, -0.2) is 48.4 Å². The molecule has 1 saturated heterocycles. The predicted octanol–water partition coefficient (Wildman–Crippen LogP) is 1.88. The Morgan fingerprint density at radius 3 is 2.50 bits per heavy atom. The van der Waals surface area contributed by atoms with Crippen LogP contribution in [0.3, 0.4) is 0 Å². The Balaban J connectivity index is 2.06. The van der Waals surface area contributed by atoms with E-state index in [-0.39, 0.29) is 5.91 Å². The smallest absolute Gasteiger partial charge is 0.254 e. The van der Waals surface area contributed by atoms with Crippen LogP contribution < -0.4 is 5.73 Å². The molecule has 0 radical (unpaired) electrons. The standard InChI is InChI=1S/C15H22FN3O/c1-3-4-18-5-7-19(8-6-18)15(20)12-9-13(16)11(2)14(17)10-12/h9-10H,3-8,17H2,1-2H3. The van der Waals surface area contributed by atoms with E-state index in [2.05, 4.69) is 11.8 Å². The first kappa shape index (κ1) is 14.8. The number of benzene rings is 1. The number of nitrogens with two attached hydrogens (primary N) is 1.